The molecular formula is C14H15Cl2N3O2. The summed E-state index contributed by atoms with van der Waals surface area (Å²) in [4.78, 5) is 4.13. The van der Waals surface area contributed by atoms with Gasteiger partial charge in [0.1, 0.15) is 5.02 Å². The predicted octanol–water partition coefficient (Wildman–Crippen LogP) is 4.04. The fraction of sp³-hybridized carbons (Fsp3) is 0.214. The minimum Gasteiger partial charge on any atom is -0.493 e. The van der Waals surface area contributed by atoms with Crippen LogP contribution in [0.2, 0.25) is 10.0 Å². The fourth-order valence-corrected chi connectivity index (χ4v) is 2.19. The van der Waals surface area contributed by atoms with Crippen molar-refractivity contribution in [3.05, 3.63) is 39.9 Å². The zero-order valence-corrected chi connectivity index (χ0v) is 13.1. The average Bonchev–Trinajstić information content (AvgIpc) is 2.50. The summed E-state index contributed by atoms with van der Waals surface area (Å²) in [6.45, 7) is 2.06. The Bertz CT molecular complexity index is 650. The van der Waals surface area contributed by atoms with Gasteiger partial charge < -0.3 is 14.9 Å². The van der Waals surface area contributed by atoms with Crippen molar-refractivity contribution >= 4 is 29.0 Å². The van der Waals surface area contributed by atoms with Gasteiger partial charge in [0, 0.05) is 0 Å². The van der Waals surface area contributed by atoms with E-state index in [-0.39, 0.29) is 16.7 Å². The van der Waals surface area contributed by atoms with Gasteiger partial charge in [-0.15, -0.1) is 0 Å². The number of ether oxygens (including phenoxy) is 2. The minimum atomic E-state index is 0.191. The third kappa shape index (κ3) is 3.50. The van der Waals surface area contributed by atoms with Crippen LogP contribution in [0.4, 0.5) is 5.82 Å². The molecule has 0 spiro atoms. The quantitative estimate of drug-likeness (QED) is 0.640. The molecule has 0 amide bonds. The van der Waals surface area contributed by atoms with E-state index >= 15 is 0 Å². The smallest absolute Gasteiger partial charge is 0.240 e. The number of hydrazine groups is 1. The molecule has 0 aliphatic rings. The number of nitrogens with zero attached hydrogens (tertiary/aromatic N) is 1. The summed E-state index contributed by atoms with van der Waals surface area (Å²) in [5, 5.41) is 0.587. The van der Waals surface area contributed by atoms with E-state index in [0.717, 1.165) is 12.0 Å². The Morgan fingerprint density at radius 3 is 2.57 bits per heavy atom. The number of hydrogen-bond donors (Lipinski definition) is 2. The number of pyridine rings is 1. The van der Waals surface area contributed by atoms with E-state index in [1.165, 1.54) is 6.07 Å². The normalized spacial score (nSPS) is 10.3. The summed E-state index contributed by atoms with van der Waals surface area (Å²) >= 11 is 12.0. The van der Waals surface area contributed by atoms with Crippen molar-refractivity contribution in [2.24, 2.45) is 5.84 Å². The number of hydrogen-bond acceptors (Lipinski definition) is 5. The lowest BCUT2D eigenvalue weighted by atomic mass is 10.1. The molecule has 1 aromatic carbocycles. The first-order valence-corrected chi connectivity index (χ1v) is 7.02. The van der Waals surface area contributed by atoms with Crippen molar-refractivity contribution in [3.8, 4) is 17.4 Å². The number of benzene rings is 1. The molecule has 0 atom stereocenters. The lowest BCUT2D eigenvalue weighted by Crippen LogP contribution is -2.09. The van der Waals surface area contributed by atoms with Crippen LogP contribution in [0.1, 0.15) is 12.5 Å². The standard InChI is InChI=1S/C14H15Cl2N3O2/c1-3-8-4-5-11(12(6-8)20-2)21-14-10(16)7-9(15)13(18-14)19-17/h4-7H,3,17H2,1-2H3,(H,18,19). The molecule has 0 saturated carbocycles. The minimum absolute atomic E-state index is 0.191. The predicted molar refractivity (Wildman–Crippen MR) is 84.5 cm³/mol. The molecule has 112 valence electrons. The maximum Gasteiger partial charge on any atom is 0.240 e. The second kappa shape index (κ2) is 6.85. The second-order valence-electron chi connectivity index (χ2n) is 4.19. The molecule has 0 aliphatic heterocycles. The van der Waals surface area contributed by atoms with Crippen LogP contribution in [0.15, 0.2) is 24.3 Å². The summed E-state index contributed by atoms with van der Waals surface area (Å²) in [6.07, 6.45) is 0.901. The molecule has 1 aromatic heterocycles. The van der Waals surface area contributed by atoms with Gasteiger partial charge >= 0.3 is 0 Å². The van der Waals surface area contributed by atoms with Gasteiger partial charge in [-0.3, -0.25) is 0 Å². The van der Waals surface area contributed by atoms with Crippen LogP contribution < -0.4 is 20.7 Å². The van der Waals surface area contributed by atoms with Crippen molar-refractivity contribution in [2.45, 2.75) is 13.3 Å². The second-order valence-corrected chi connectivity index (χ2v) is 5.01. The van der Waals surface area contributed by atoms with Crippen LogP contribution in [-0.4, -0.2) is 12.1 Å². The van der Waals surface area contributed by atoms with Crippen molar-refractivity contribution in [1.82, 2.24) is 4.98 Å². The number of methoxy groups -OCH3 is 1. The number of halogens is 2. The van der Waals surface area contributed by atoms with Gasteiger partial charge in [0.15, 0.2) is 17.3 Å². The lowest BCUT2D eigenvalue weighted by molar-refractivity contribution is 0.374. The first-order chi connectivity index (χ1) is 10.1. The van der Waals surface area contributed by atoms with Gasteiger partial charge in [-0.05, 0) is 30.2 Å². The Balaban J connectivity index is 2.38. The van der Waals surface area contributed by atoms with E-state index < -0.39 is 0 Å². The average molecular weight is 328 g/mol. The Morgan fingerprint density at radius 1 is 1.19 bits per heavy atom. The van der Waals surface area contributed by atoms with Crippen molar-refractivity contribution in [3.63, 3.8) is 0 Å². The van der Waals surface area contributed by atoms with E-state index in [1.807, 2.05) is 12.1 Å². The molecular weight excluding hydrogens is 313 g/mol. The fourth-order valence-electron chi connectivity index (χ4n) is 1.74. The van der Waals surface area contributed by atoms with Gasteiger partial charge in [0.2, 0.25) is 5.88 Å². The molecule has 0 aliphatic carbocycles. The number of nitrogens with two attached hydrogens (primary N) is 1. The van der Waals surface area contributed by atoms with Gasteiger partial charge in [-0.1, -0.05) is 36.2 Å². The molecule has 0 fully saturated rings. The molecule has 1 heterocycles. The highest BCUT2D eigenvalue weighted by atomic mass is 35.5. The van der Waals surface area contributed by atoms with Crippen LogP contribution >= 0.6 is 23.2 Å². The van der Waals surface area contributed by atoms with Crippen molar-refractivity contribution < 1.29 is 9.47 Å². The van der Waals surface area contributed by atoms with E-state index in [9.17, 15) is 0 Å². The highest BCUT2D eigenvalue weighted by Gasteiger charge is 2.13. The zero-order valence-electron chi connectivity index (χ0n) is 11.6. The van der Waals surface area contributed by atoms with Gasteiger partial charge in [-0.25, -0.2) is 5.84 Å². The van der Waals surface area contributed by atoms with E-state index in [4.69, 9.17) is 38.5 Å². The summed E-state index contributed by atoms with van der Waals surface area (Å²) in [5.41, 5.74) is 3.52. The van der Waals surface area contributed by atoms with E-state index in [2.05, 4.69) is 17.3 Å². The van der Waals surface area contributed by atoms with Gasteiger partial charge in [0.05, 0.1) is 12.1 Å². The largest absolute Gasteiger partial charge is 0.493 e. The van der Waals surface area contributed by atoms with Crippen LogP contribution in [0.3, 0.4) is 0 Å². The van der Waals surface area contributed by atoms with E-state index in [1.54, 1.807) is 13.2 Å². The topological polar surface area (TPSA) is 69.4 Å². The summed E-state index contributed by atoms with van der Waals surface area (Å²) in [6, 6.07) is 7.17. The van der Waals surface area contributed by atoms with Crippen LogP contribution in [0, 0.1) is 0 Å². The monoisotopic (exact) mass is 327 g/mol. The van der Waals surface area contributed by atoms with Crippen LogP contribution in [-0.2, 0) is 6.42 Å². The Kier molecular flexibility index (Phi) is 5.12. The van der Waals surface area contributed by atoms with Crippen molar-refractivity contribution in [2.75, 3.05) is 12.5 Å². The number of nitrogen functional groups attached to an aromatic ring is 1. The molecule has 3 N–H and O–H groups in total. The summed E-state index contributed by atoms with van der Waals surface area (Å²) in [5.74, 6) is 6.92. The zero-order chi connectivity index (χ0) is 15.4. The molecule has 2 aromatic rings. The van der Waals surface area contributed by atoms with Crippen LogP contribution in [0.5, 0.6) is 17.4 Å². The molecule has 5 nitrogen and oxygen atoms in total. The Morgan fingerprint density at radius 2 is 1.95 bits per heavy atom. The summed E-state index contributed by atoms with van der Waals surface area (Å²) in [7, 11) is 1.57. The van der Waals surface area contributed by atoms with E-state index in [0.29, 0.717) is 16.5 Å². The highest BCUT2D eigenvalue weighted by Crippen LogP contribution is 2.37. The maximum atomic E-state index is 6.08. The molecule has 0 unspecified atom stereocenters. The van der Waals surface area contributed by atoms with Crippen molar-refractivity contribution in [1.29, 1.82) is 0 Å². The van der Waals surface area contributed by atoms with Crippen LogP contribution in [0.25, 0.3) is 0 Å². The van der Waals surface area contributed by atoms with Gasteiger partial charge in [-0.2, -0.15) is 4.98 Å². The third-order valence-electron chi connectivity index (χ3n) is 2.88. The molecule has 7 heteroatoms. The number of nitrogens with one attached hydrogen (secondary N) is 1. The highest BCUT2D eigenvalue weighted by molar-refractivity contribution is 6.36. The lowest BCUT2D eigenvalue weighted by Gasteiger charge is -2.13. The number of aromatic nitrogens is 1. The number of rotatable bonds is 5. The maximum absolute atomic E-state index is 6.08. The van der Waals surface area contributed by atoms with Gasteiger partial charge in [0.25, 0.3) is 0 Å². The SMILES string of the molecule is CCc1ccc(Oc2nc(NN)c(Cl)cc2Cl)c(OC)c1. The molecule has 21 heavy (non-hydrogen) atoms. The summed E-state index contributed by atoms with van der Waals surface area (Å²) < 4.78 is 11.0. The Labute approximate surface area is 132 Å². The molecule has 0 saturated heterocycles. The Hall–Kier alpha value is -1.69. The molecule has 0 radical (unpaired) electrons. The number of anilines is 1. The first kappa shape index (κ1) is 15.7. The first-order valence-electron chi connectivity index (χ1n) is 6.26. The number of aryl methyl sites for hydroxylation is 1. The molecule has 2 rings (SSSR count). The third-order valence-corrected chi connectivity index (χ3v) is 3.44. The molecule has 0 bridgehead atoms.